The molecule has 3 nitrogen and oxygen atoms in total. The van der Waals surface area contributed by atoms with Crippen LogP contribution < -0.4 is 0 Å². The third kappa shape index (κ3) is 3.05. The number of carboxylic acid groups (broad SMARTS) is 1. The molecule has 3 heteroatoms. The van der Waals surface area contributed by atoms with Crippen LogP contribution in [0, 0.1) is 0 Å². The van der Waals surface area contributed by atoms with Crippen LogP contribution >= 0.6 is 0 Å². The summed E-state index contributed by atoms with van der Waals surface area (Å²) in [5.74, 6) is -0.745. The summed E-state index contributed by atoms with van der Waals surface area (Å²) in [6, 6.07) is 5.78. The van der Waals surface area contributed by atoms with Crippen LogP contribution in [0.2, 0.25) is 0 Å². The molecule has 0 spiro atoms. The van der Waals surface area contributed by atoms with Gasteiger partial charge in [0.05, 0.1) is 0 Å². The van der Waals surface area contributed by atoms with Gasteiger partial charge in [-0.25, -0.2) is 0 Å². The van der Waals surface area contributed by atoms with Gasteiger partial charge in [0.2, 0.25) is 0 Å². The molecule has 15 heavy (non-hydrogen) atoms. The zero-order valence-corrected chi connectivity index (χ0v) is 9.23. The second-order valence-electron chi connectivity index (χ2n) is 4.02. The summed E-state index contributed by atoms with van der Waals surface area (Å²) >= 11 is 0. The van der Waals surface area contributed by atoms with Gasteiger partial charge in [0, 0.05) is 23.7 Å². The Morgan fingerprint density at radius 1 is 1.53 bits per heavy atom. The topological polar surface area (TPSA) is 50.2 Å². The Morgan fingerprint density at radius 2 is 2.27 bits per heavy atom. The Balaban J connectivity index is 2.80. The van der Waals surface area contributed by atoms with Crippen molar-refractivity contribution in [3.63, 3.8) is 0 Å². The van der Waals surface area contributed by atoms with Crippen LogP contribution in [0.3, 0.4) is 0 Å². The van der Waals surface area contributed by atoms with Crippen LogP contribution in [0.4, 0.5) is 0 Å². The minimum absolute atomic E-state index is 0.125. The van der Waals surface area contributed by atoms with E-state index in [9.17, 15) is 4.79 Å². The summed E-state index contributed by atoms with van der Waals surface area (Å²) in [5.41, 5.74) is 0.855. The molecule has 0 bridgehead atoms. The average Bonchev–Trinajstić information content (AvgIpc) is 2.27. The van der Waals surface area contributed by atoms with Crippen molar-refractivity contribution in [2.24, 2.45) is 0 Å². The van der Waals surface area contributed by atoms with E-state index in [1.165, 1.54) is 0 Å². The highest BCUT2D eigenvalue weighted by Gasteiger charge is 2.26. The van der Waals surface area contributed by atoms with Crippen LogP contribution in [-0.4, -0.2) is 16.1 Å². The first-order valence-electron chi connectivity index (χ1n) is 5.22. The highest BCUT2D eigenvalue weighted by Crippen LogP contribution is 2.30. The second-order valence-corrected chi connectivity index (χ2v) is 4.02. The number of hydrogen-bond acceptors (Lipinski definition) is 2. The lowest BCUT2D eigenvalue weighted by molar-refractivity contribution is -0.137. The molecule has 1 atom stereocenters. The van der Waals surface area contributed by atoms with Gasteiger partial charge in [-0.15, -0.1) is 0 Å². The molecular formula is C12H17NO2. The molecule has 0 saturated carbocycles. The smallest absolute Gasteiger partial charge is 0.303 e. The van der Waals surface area contributed by atoms with Crippen molar-refractivity contribution < 1.29 is 9.90 Å². The zero-order chi connectivity index (χ0) is 11.3. The van der Waals surface area contributed by atoms with Gasteiger partial charge in [-0.05, 0) is 25.0 Å². The number of nitrogens with zero attached hydrogens (tertiary/aromatic N) is 1. The molecule has 0 aromatic carbocycles. The molecule has 0 aliphatic carbocycles. The predicted molar refractivity (Wildman–Crippen MR) is 58.7 cm³/mol. The molecule has 0 saturated heterocycles. The molecule has 1 rings (SSSR count). The van der Waals surface area contributed by atoms with Crippen LogP contribution in [0.15, 0.2) is 24.4 Å². The van der Waals surface area contributed by atoms with Crippen molar-refractivity contribution in [3.8, 4) is 0 Å². The van der Waals surface area contributed by atoms with Gasteiger partial charge < -0.3 is 5.11 Å². The molecule has 1 N–H and O–H groups in total. The van der Waals surface area contributed by atoms with Gasteiger partial charge in [-0.1, -0.05) is 19.9 Å². The summed E-state index contributed by atoms with van der Waals surface area (Å²) in [6.07, 6.45) is 3.48. The summed E-state index contributed by atoms with van der Waals surface area (Å²) < 4.78 is 0. The van der Waals surface area contributed by atoms with Crippen molar-refractivity contribution in [2.45, 2.75) is 38.5 Å². The molecule has 0 amide bonds. The highest BCUT2D eigenvalue weighted by atomic mass is 16.4. The van der Waals surface area contributed by atoms with E-state index in [2.05, 4.69) is 18.8 Å². The number of pyridine rings is 1. The van der Waals surface area contributed by atoms with E-state index in [4.69, 9.17) is 5.11 Å². The first kappa shape index (κ1) is 11.7. The van der Waals surface area contributed by atoms with Crippen molar-refractivity contribution in [1.29, 1.82) is 0 Å². The Bertz CT molecular complexity index is 324. The fourth-order valence-corrected chi connectivity index (χ4v) is 1.59. The first-order valence-corrected chi connectivity index (χ1v) is 5.22. The maximum Gasteiger partial charge on any atom is 0.303 e. The lowest BCUT2D eigenvalue weighted by atomic mass is 9.79. The van der Waals surface area contributed by atoms with E-state index in [0.29, 0.717) is 6.42 Å². The fourth-order valence-electron chi connectivity index (χ4n) is 1.59. The van der Waals surface area contributed by atoms with E-state index in [0.717, 1.165) is 12.1 Å². The number of rotatable bonds is 5. The summed E-state index contributed by atoms with van der Waals surface area (Å²) in [7, 11) is 0. The van der Waals surface area contributed by atoms with E-state index < -0.39 is 5.97 Å². The molecule has 1 aromatic rings. The summed E-state index contributed by atoms with van der Waals surface area (Å²) in [5, 5.41) is 8.70. The molecule has 0 fully saturated rings. The number of hydrogen-bond donors (Lipinski definition) is 1. The Hall–Kier alpha value is -1.38. The Kier molecular flexibility index (Phi) is 3.83. The average molecular weight is 207 g/mol. The van der Waals surface area contributed by atoms with Crippen molar-refractivity contribution in [1.82, 2.24) is 4.98 Å². The minimum atomic E-state index is -0.745. The largest absolute Gasteiger partial charge is 0.481 e. The zero-order valence-electron chi connectivity index (χ0n) is 9.23. The van der Waals surface area contributed by atoms with E-state index in [1.54, 1.807) is 6.20 Å². The van der Waals surface area contributed by atoms with Crippen molar-refractivity contribution >= 4 is 5.97 Å². The molecule has 82 valence electrons. The summed E-state index contributed by atoms with van der Waals surface area (Å²) in [4.78, 5) is 14.9. The first-order chi connectivity index (χ1) is 7.08. The molecule has 1 heterocycles. The SMILES string of the molecule is CCC(C)(CCC(=O)O)c1ccccn1. The number of aromatic nitrogens is 1. The standard InChI is InChI=1S/C12H17NO2/c1-3-12(2,8-7-11(14)15)10-6-4-5-9-13-10/h4-6,9H,3,7-8H2,1-2H3,(H,14,15). The molecule has 1 unspecified atom stereocenters. The Morgan fingerprint density at radius 3 is 2.73 bits per heavy atom. The fraction of sp³-hybridized carbons (Fsp3) is 0.500. The number of aliphatic carboxylic acids is 1. The third-order valence-corrected chi connectivity index (χ3v) is 2.95. The molecule has 0 radical (unpaired) electrons. The van der Waals surface area contributed by atoms with Gasteiger partial charge in [0.25, 0.3) is 0 Å². The third-order valence-electron chi connectivity index (χ3n) is 2.95. The van der Waals surface area contributed by atoms with E-state index in [1.807, 2.05) is 18.2 Å². The summed E-state index contributed by atoms with van der Waals surface area (Å²) in [6.45, 7) is 4.13. The monoisotopic (exact) mass is 207 g/mol. The number of carbonyl (C=O) groups is 1. The minimum Gasteiger partial charge on any atom is -0.481 e. The normalized spacial score (nSPS) is 14.5. The van der Waals surface area contributed by atoms with E-state index in [-0.39, 0.29) is 11.8 Å². The molecule has 0 aliphatic rings. The van der Waals surface area contributed by atoms with Gasteiger partial charge in [0.1, 0.15) is 0 Å². The maximum atomic E-state index is 10.6. The van der Waals surface area contributed by atoms with Gasteiger partial charge in [-0.2, -0.15) is 0 Å². The van der Waals surface area contributed by atoms with Crippen LogP contribution in [0.1, 0.15) is 38.8 Å². The van der Waals surface area contributed by atoms with E-state index >= 15 is 0 Å². The van der Waals surface area contributed by atoms with Crippen molar-refractivity contribution in [2.75, 3.05) is 0 Å². The van der Waals surface area contributed by atoms with Crippen LogP contribution in [-0.2, 0) is 10.2 Å². The predicted octanol–water partition coefficient (Wildman–Crippen LogP) is 2.61. The quantitative estimate of drug-likeness (QED) is 0.807. The highest BCUT2D eigenvalue weighted by molar-refractivity contribution is 5.66. The van der Waals surface area contributed by atoms with Gasteiger partial charge >= 0.3 is 5.97 Å². The number of carboxylic acids is 1. The van der Waals surface area contributed by atoms with Gasteiger partial charge in [0.15, 0.2) is 0 Å². The van der Waals surface area contributed by atoms with Gasteiger partial charge in [-0.3, -0.25) is 9.78 Å². The van der Waals surface area contributed by atoms with Crippen molar-refractivity contribution in [3.05, 3.63) is 30.1 Å². The maximum absolute atomic E-state index is 10.6. The molecule has 1 aromatic heterocycles. The molecule has 0 aliphatic heterocycles. The van der Waals surface area contributed by atoms with Crippen LogP contribution in [0.5, 0.6) is 0 Å². The molecular weight excluding hydrogens is 190 g/mol. The lowest BCUT2D eigenvalue weighted by Gasteiger charge is -2.26. The Labute approximate surface area is 90.2 Å². The van der Waals surface area contributed by atoms with Crippen LogP contribution in [0.25, 0.3) is 0 Å². The lowest BCUT2D eigenvalue weighted by Crippen LogP contribution is -2.23. The second kappa shape index (κ2) is 4.91.